The number of methoxy groups -OCH3 is 1. The second kappa shape index (κ2) is 10.6. The molecule has 2 aromatic carbocycles. The number of fused-ring (bicyclic) bond motifs is 1. The fourth-order valence-electron chi connectivity index (χ4n) is 6.13. The lowest BCUT2D eigenvalue weighted by molar-refractivity contribution is -0.142. The summed E-state index contributed by atoms with van der Waals surface area (Å²) in [5, 5.41) is 9.71. The Hall–Kier alpha value is -3.45. The Labute approximate surface area is 228 Å². The summed E-state index contributed by atoms with van der Waals surface area (Å²) in [4.78, 5) is 18.2. The summed E-state index contributed by atoms with van der Waals surface area (Å²) in [6, 6.07) is 14.2. The molecule has 3 aliphatic rings. The zero-order chi connectivity index (χ0) is 27.1. The Morgan fingerprint density at radius 3 is 2.67 bits per heavy atom. The van der Waals surface area contributed by atoms with Crippen LogP contribution in [0.15, 0.2) is 48.7 Å². The van der Waals surface area contributed by atoms with E-state index in [-0.39, 0.29) is 17.8 Å². The van der Waals surface area contributed by atoms with Crippen LogP contribution in [0.3, 0.4) is 0 Å². The SMILES string of the molecule is COc1cc(-c2ccc(C3CCc4ccc([C@H](C5CC5)[C@H](C)C(=O)O)cc4O3)cc2CN2CCC2)c(F)cn1. The van der Waals surface area contributed by atoms with Crippen molar-refractivity contribution in [3.05, 3.63) is 76.7 Å². The Morgan fingerprint density at radius 1 is 1.15 bits per heavy atom. The van der Waals surface area contributed by atoms with Gasteiger partial charge in [0.05, 0.1) is 19.2 Å². The van der Waals surface area contributed by atoms with Gasteiger partial charge in [-0.3, -0.25) is 9.69 Å². The van der Waals surface area contributed by atoms with Crippen LogP contribution in [-0.2, 0) is 17.8 Å². The molecule has 2 aliphatic heterocycles. The number of pyridine rings is 1. The molecule has 1 saturated carbocycles. The van der Waals surface area contributed by atoms with Crippen LogP contribution in [0.25, 0.3) is 11.1 Å². The molecule has 2 fully saturated rings. The van der Waals surface area contributed by atoms with Crippen molar-refractivity contribution >= 4 is 5.97 Å². The predicted molar refractivity (Wildman–Crippen MR) is 146 cm³/mol. The van der Waals surface area contributed by atoms with E-state index >= 15 is 0 Å². The van der Waals surface area contributed by atoms with Crippen molar-refractivity contribution in [3.63, 3.8) is 0 Å². The number of aliphatic carboxylic acids is 1. The summed E-state index contributed by atoms with van der Waals surface area (Å²) < 4.78 is 26.8. The van der Waals surface area contributed by atoms with Gasteiger partial charge in [0.15, 0.2) is 0 Å². The van der Waals surface area contributed by atoms with Gasteiger partial charge in [0.2, 0.25) is 5.88 Å². The van der Waals surface area contributed by atoms with Gasteiger partial charge in [-0.15, -0.1) is 0 Å². The molecule has 1 unspecified atom stereocenters. The van der Waals surface area contributed by atoms with Crippen molar-refractivity contribution in [1.29, 1.82) is 0 Å². The number of likely N-dealkylation sites (tertiary alicyclic amines) is 1. The normalized spacial score (nSPS) is 20.3. The second-order valence-corrected chi connectivity index (χ2v) is 11.3. The maximum Gasteiger partial charge on any atom is 0.306 e. The second-order valence-electron chi connectivity index (χ2n) is 11.3. The van der Waals surface area contributed by atoms with E-state index in [1.165, 1.54) is 19.7 Å². The van der Waals surface area contributed by atoms with E-state index in [0.717, 1.165) is 78.9 Å². The third kappa shape index (κ3) is 5.24. The number of carbonyl (C=O) groups is 1. The lowest BCUT2D eigenvalue weighted by Crippen LogP contribution is -2.36. The smallest absolute Gasteiger partial charge is 0.306 e. The van der Waals surface area contributed by atoms with Gasteiger partial charge in [-0.25, -0.2) is 9.37 Å². The summed E-state index contributed by atoms with van der Waals surface area (Å²) in [5.41, 5.74) is 5.69. The monoisotopic (exact) mass is 530 g/mol. The van der Waals surface area contributed by atoms with Crippen molar-refractivity contribution < 1.29 is 23.8 Å². The molecule has 0 radical (unpaired) electrons. The van der Waals surface area contributed by atoms with Crippen molar-refractivity contribution in [2.45, 2.75) is 57.6 Å². The molecule has 6 rings (SSSR count). The average Bonchev–Trinajstić information content (AvgIpc) is 3.76. The van der Waals surface area contributed by atoms with Crippen LogP contribution in [0.2, 0.25) is 0 Å². The lowest BCUT2D eigenvalue weighted by atomic mass is 9.82. The first-order valence-corrected chi connectivity index (χ1v) is 14.0. The molecule has 1 saturated heterocycles. The fourth-order valence-corrected chi connectivity index (χ4v) is 6.13. The fraction of sp³-hybridized carbons (Fsp3) is 0.438. The molecule has 6 nitrogen and oxygen atoms in total. The van der Waals surface area contributed by atoms with Crippen LogP contribution in [0.5, 0.6) is 11.6 Å². The predicted octanol–water partition coefficient (Wildman–Crippen LogP) is 6.38. The number of hydrogen-bond donors (Lipinski definition) is 1. The van der Waals surface area contributed by atoms with E-state index in [1.54, 1.807) is 6.07 Å². The van der Waals surface area contributed by atoms with E-state index in [2.05, 4.69) is 34.1 Å². The number of hydrogen-bond acceptors (Lipinski definition) is 5. The largest absolute Gasteiger partial charge is 0.485 e. The van der Waals surface area contributed by atoms with Gasteiger partial charge >= 0.3 is 5.97 Å². The van der Waals surface area contributed by atoms with Crippen LogP contribution in [-0.4, -0.2) is 41.2 Å². The highest BCUT2D eigenvalue weighted by molar-refractivity contribution is 5.71. The van der Waals surface area contributed by atoms with E-state index in [9.17, 15) is 14.3 Å². The van der Waals surface area contributed by atoms with Crippen molar-refractivity contribution in [3.8, 4) is 22.8 Å². The molecule has 1 aromatic heterocycles. The summed E-state index contributed by atoms with van der Waals surface area (Å²) in [6.45, 7) is 4.64. The summed E-state index contributed by atoms with van der Waals surface area (Å²) >= 11 is 0. The molecule has 3 atom stereocenters. The van der Waals surface area contributed by atoms with E-state index in [4.69, 9.17) is 9.47 Å². The van der Waals surface area contributed by atoms with Crippen molar-refractivity contribution in [2.75, 3.05) is 20.2 Å². The van der Waals surface area contributed by atoms with Crippen LogP contribution >= 0.6 is 0 Å². The third-order valence-electron chi connectivity index (χ3n) is 8.65. The number of carboxylic acids is 1. The van der Waals surface area contributed by atoms with Gasteiger partial charge in [0.1, 0.15) is 17.7 Å². The number of aryl methyl sites for hydroxylation is 1. The average molecular weight is 531 g/mol. The molecule has 204 valence electrons. The first-order valence-electron chi connectivity index (χ1n) is 14.0. The van der Waals surface area contributed by atoms with Crippen molar-refractivity contribution in [1.82, 2.24) is 9.88 Å². The maximum absolute atomic E-state index is 14.9. The molecule has 0 spiro atoms. The van der Waals surface area contributed by atoms with E-state index in [0.29, 0.717) is 17.4 Å². The molecule has 7 heteroatoms. The first-order chi connectivity index (χ1) is 18.9. The Bertz CT molecular complexity index is 1380. The molecular weight excluding hydrogens is 495 g/mol. The first kappa shape index (κ1) is 25.8. The number of halogens is 1. The topological polar surface area (TPSA) is 71.9 Å². The zero-order valence-corrected chi connectivity index (χ0v) is 22.5. The van der Waals surface area contributed by atoms with Gasteiger partial charge in [-0.2, -0.15) is 0 Å². The van der Waals surface area contributed by atoms with Gasteiger partial charge in [-0.1, -0.05) is 37.3 Å². The maximum atomic E-state index is 14.9. The van der Waals surface area contributed by atoms with E-state index < -0.39 is 11.9 Å². The molecule has 0 amide bonds. The number of aromatic nitrogens is 1. The number of carboxylic acid groups (broad SMARTS) is 1. The molecule has 39 heavy (non-hydrogen) atoms. The number of benzene rings is 2. The minimum Gasteiger partial charge on any atom is -0.485 e. The molecule has 3 aromatic rings. The van der Waals surface area contributed by atoms with Gasteiger partial charge < -0.3 is 14.6 Å². The molecule has 3 heterocycles. The van der Waals surface area contributed by atoms with Gasteiger partial charge in [0, 0.05) is 18.2 Å². The zero-order valence-electron chi connectivity index (χ0n) is 22.5. The molecule has 0 bridgehead atoms. The Kier molecular flexibility index (Phi) is 7.02. The van der Waals surface area contributed by atoms with Crippen LogP contribution < -0.4 is 9.47 Å². The summed E-state index contributed by atoms with van der Waals surface area (Å²) in [7, 11) is 1.53. The minimum atomic E-state index is -0.749. The molecule has 1 aliphatic carbocycles. The highest BCUT2D eigenvalue weighted by atomic mass is 19.1. The molecule has 1 N–H and O–H groups in total. The van der Waals surface area contributed by atoms with Crippen LogP contribution in [0, 0.1) is 17.7 Å². The highest BCUT2D eigenvalue weighted by Gasteiger charge is 2.39. The lowest BCUT2D eigenvalue weighted by Gasteiger charge is -2.32. The highest BCUT2D eigenvalue weighted by Crippen LogP contribution is 2.48. The van der Waals surface area contributed by atoms with Crippen molar-refractivity contribution in [2.24, 2.45) is 11.8 Å². The van der Waals surface area contributed by atoms with Gasteiger partial charge in [-0.05, 0) is 90.9 Å². The van der Waals surface area contributed by atoms with Crippen LogP contribution in [0.1, 0.15) is 66.9 Å². The summed E-state index contributed by atoms with van der Waals surface area (Å²) in [6.07, 6.45) is 6.18. The standard InChI is InChI=1S/C32H35FN2O4/c1-19(32(36)37)31(21-5-6-21)23-7-4-20-9-11-28(39-29(20)15-23)22-8-10-25(24(14-22)18-35-12-3-13-35)26-16-30(38-2)34-17-27(26)33/h4,7-8,10,14-17,19,21,28,31H,3,5-6,9,11-13,18H2,1-2H3,(H,36,37)/t19-,28?,31-/m0/s1. The number of nitrogens with zero attached hydrogens (tertiary/aromatic N) is 2. The summed E-state index contributed by atoms with van der Waals surface area (Å²) in [5.74, 6) is 0.119. The third-order valence-corrected chi connectivity index (χ3v) is 8.65. The van der Waals surface area contributed by atoms with Gasteiger partial charge in [0.25, 0.3) is 0 Å². The number of ether oxygens (including phenoxy) is 2. The quantitative estimate of drug-likeness (QED) is 0.346. The minimum absolute atomic E-state index is 0.00596. The van der Waals surface area contributed by atoms with Crippen LogP contribution in [0.4, 0.5) is 4.39 Å². The molecular formula is C32H35FN2O4. The Morgan fingerprint density at radius 2 is 1.97 bits per heavy atom. The number of rotatable bonds is 9. The van der Waals surface area contributed by atoms with E-state index in [1.807, 2.05) is 19.1 Å². The Balaban J connectivity index is 1.31.